The maximum absolute atomic E-state index is 3.50. The fourth-order valence-corrected chi connectivity index (χ4v) is 2.45. The summed E-state index contributed by atoms with van der Waals surface area (Å²) in [4.78, 5) is 2.59. The SMILES string of the molecule is c1ccc(N2CCNCC23CC3)cc1. The number of hydrogen-bond donors (Lipinski definition) is 1. The highest BCUT2D eigenvalue weighted by Crippen LogP contribution is 2.44. The van der Waals surface area contributed by atoms with Crippen LogP contribution in [0.25, 0.3) is 0 Å². The van der Waals surface area contributed by atoms with E-state index >= 15 is 0 Å². The second kappa shape index (κ2) is 2.99. The molecule has 0 unspecified atom stereocenters. The Hall–Kier alpha value is -1.02. The Bertz CT molecular complexity index is 316. The Morgan fingerprint density at radius 1 is 1.14 bits per heavy atom. The summed E-state index contributed by atoms with van der Waals surface area (Å²) in [5, 5.41) is 3.50. The first-order valence-corrected chi connectivity index (χ1v) is 5.44. The summed E-state index contributed by atoms with van der Waals surface area (Å²) in [6.45, 7) is 3.45. The third-order valence-corrected chi connectivity index (χ3v) is 3.43. The average molecular weight is 188 g/mol. The second-order valence-corrected chi connectivity index (χ2v) is 4.39. The molecule has 0 radical (unpaired) electrons. The van der Waals surface area contributed by atoms with Gasteiger partial charge < -0.3 is 10.2 Å². The molecule has 0 atom stereocenters. The molecule has 1 aromatic rings. The Kier molecular flexibility index (Phi) is 1.77. The van der Waals surface area contributed by atoms with Gasteiger partial charge in [0, 0.05) is 25.3 Å². The predicted molar refractivity (Wildman–Crippen MR) is 58.6 cm³/mol. The normalized spacial score (nSPS) is 23.9. The Balaban J connectivity index is 1.90. The Morgan fingerprint density at radius 3 is 2.64 bits per heavy atom. The molecule has 1 saturated heterocycles. The lowest BCUT2D eigenvalue weighted by Crippen LogP contribution is -2.53. The number of benzene rings is 1. The van der Waals surface area contributed by atoms with Crippen LogP contribution in [0.1, 0.15) is 12.8 Å². The van der Waals surface area contributed by atoms with E-state index in [9.17, 15) is 0 Å². The summed E-state index contributed by atoms with van der Waals surface area (Å²) in [7, 11) is 0. The van der Waals surface area contributed by atoms with E-state index in [4.69, 9.17) is 0 Å². The smallest absolute Gasteiger partial charge is 0.0528 e. The molecule has 1 aliphatic heterocycles. The molecule has 1 aromatic carbocycles. The molecule has 74 valence electrons. The van der Waals surface area contributed by atoms with Gasteiger partial charge in [-0.2, -0.15) is 0 Å². The van der Waals surface area contributed by atoms with E-state index in [-0.39, 0.29) is 0 Å². The van der Waals surface area contributed by atoms with Gasteiger partial charge in [0.2, 0.25) is 0 Å². The molecule has 2 fully saturated rings. The summed E-state index contributed by atoms with van der Waals surface area (Å²) in [5.41, 5.74) is 1.87. The van der Waals surface area contributed by atoms with E-state index in [2.05, 4.69) is 40.5 Å². The van der Waals surface area contributed by atoms with Crippen molar-refractivity contribution < 1.29 is 0 Å². The van der Waals surface area contributed by atoms with Gasteiger partial charge in [-0.1, -0.05) is 18.2 Å². The van der Waals surface area contributed by atoms with Crippen LogP contribution in [0.3, 0.4) is 0 Å². The Morgan fingerprint density at radius 2 is 1.93 bits per heavy atom. The summed E-state index contributed by atoms with van der Waals surface area (Å²) >= 11 is 0. The van der Waals surface area contributed by atoms with Crippen molar-refractivity contribution in [2.45, 2.75) is 18.4 Å². The maximum atomic E-state index is 3.50. The monoisotopic (exact) mass is 188 g/mol. The van der Waals surface area contributed by atoms with Crippen molar-refractivity contribution in [3.63, 3.8) is 0 Å². The largest absolute Gasteiger partial charge is 0.363 e. The molecule has 0 aromatic heterocycles. The molecule has 2 heteroatoms. The molecular weight excluding hydrogens is 172 g/mol. The molecule has 0 bridgehead atoms. The molecule has 14 heavy (non-hydrogen) atoms. The van der Waals surface area contributed by atoms with Crippen LogP contribution in [0.15, 0.2) is 30.3 Å². The molecule has 3 rings (SSSR count). The fraction of sp³-hybridized carbons (Fsp3) is 0.500. The number of anilines is 1. The van der Waals surface area contributed by atoms with Crippen molar-refractivity contribution >= 4 is 5.69 Å². The minimum atomic E-state index is 0.472. The molecular formula is C12H16N2. The fourth-order valence-electron chi connectivity index (χ4n) is 2.45. The van der Waals surface area contributed by atoms with Crippen molar-refractivity contribution in [3.8, 4) is 0 Å². The standard InChI is InChI=1S/C12H16N2/c1-2-4-11(5-3-1)14-9-8-13-10-12(14)6-7-12/h1-5,13H,6-10H2. The zero-order valence-electron chi connectivity index (χ0n) is 8.37. The summed E-state index contributed by atoms with van der Waals surface area (Å²) < 4.78 is 0. The quantitative estimate of drug-likeness (QED) is 0.720. The molecule has 0 amide bonds. The Labute approximate surface area is 84.9 Å². The molecule has 2 aliphatic rings. The maximum Gasteiger partial charge on any atom is 0.0528 e. The van der Waals surface area contributed by atoms with Crippen LogP contribution >= 0.6 is 0 Å². The zero-order chi connectivity index (χ0) is 9.43. The number of hydrogen-bond acceptors (Lipinski definition) is 2. The van der Waals surface area contributed by atoms with Gasteiger partial charge in [-0.3, -0.25) is 0 Å². The molecule has 1 saturated carbocycles. The van der Waals surface area contributed by atoms with E-state index in [1.807, 2.05) is 0 Å². The van der Waals surface area contributed by atoms with Gasteiger partial charge in [0.25, 0.3) is 0 Å². The molecule has 2 nitrogen and oxygen atoms in total. The number of piperazine rings is 1. The van der Waals surface area contributed by atoms with Crippen molar-refractivity contribution in [1.82, 2.24) is 5.32 Å². The van der Waals surface area contributed by atoms with Crippen LogP contribution in [0.5, 0.6) is 0 Å². The molecule has 1 N–H and O–H groups in total. The van der Waals surface area contributed by atoms with Gasteiger partial charge in [-0.05, 0) is 25.0 Å². The van der Waals surface area contributed by atoms with Crippen LogP contribution in [0, 0.1) is 0 Å². The first kappa shape index (κ1) is 8.30. The lowest BCUT2D eigenvalue weighted by Gasteiger charge is -2.38. The second-order valence-electron chi connectivity index (χ2n) is 4.39. The van der Waals surface area contributed by atoms with Gasteiger partial charge in [0.05, 0.1) is 5.54 Å². The van der Waals surface area contributed by atoms with Crippen molar-refractivity contribution in [2.75, 3.05) is 24.5 Å². The highest BCUT2D eigenvalue weighted by molar-refractivity contribution is 5.51. The van der Waals surface area contributed by atoms with Gasteiger partial charge >= 0.3 is 0 Å². The lowest BCUT2D eigenvalue weighted by molar-refractivity contribution is 0.463. The molecule has 1 heterocycles. The summed E-state index contributed by atoms with van der Waals surface area (Å²) in [5.74, 6) is 0. The van der Waals surface area contributed by atoms with Crippen molar-refractivity contribution in [3.05, 3.63) is 30.3 Å². The van der Waals surface area contributed by atoms with Crippen LogP contribution in [-0.4, -0.2) is 25.2 Å². The summed E-state index contributed by atoms with van der Waals surface area (Å²) in [6.07, 6.45) is 2.71. The van der Waals surface area contributed by atoms with Crippen molar-refractivity contribution in [1.29, 1.82) is 0 Å². The predicted octanol–water partition coefficient (Wildman–Crippen LogP) is 1.63. The van der Waals surface area contributed by atoms with Crippen molar-refractivity contribution in [2.24, 2.45) is 0 Å². The van der Waals surface area contributed by atoms with E-state index < -0.39 is 0 Å². The van der Waals surface area contributed by atoms with Crippen LogP contribution in [0.4, 0.5) is 5.69 Å². The molecule has 1 spiro atoms. The van der Waals surface area contributed by atoms with Crippen LogP contribution in [0.2, 0.25) is 0 Å². The van der Waals surface area contributed by atoms with E-state index in [0.29, 0.717) is 5.54 Å². The zero-order valence-corrected chi connectivity index (χ0v) is 8.37. The summed E-state index contributed by atoms with van der Waals surface area (Å²) in [6, 6.07) is 10.8. The van der Waals surface area contributed by atoms with E-state index in [1.165, 1.54) is 25.1 Å². The number of nitrogens with zero attached hydrogens (tertiary/aromatic N) is 1. The van der Waals surface area contributed by atoms with Crippen LogP contribution < -0.4 is 10.2 Å². The number of para-hydroxylation sites is 1. The van der Waals surface area contributed by atoms with E-state index in [1.54, 1.807) is 0 Å². The highest BCUT2D eigenvalue weighted by atomic mass is 15.3. The van der Waals surface area contributed by atoms with Crippen LogP contribution in [-0.2, 0) is 0 Å². The third-order valence-electron chi connectivity index (χ3n) is 3.43. The minimum Gasteiger partial charge on any atom is -0.363 e. The number of nitrogens with one attached hydrogen (secondary N) is 1. The molecule has 1 aliphatic carbocycles. The topological polar surface area (TPSA) is 15.3 Å². The minimum absolute atomic E-state index is 0.472. The van der Waals surface area contributed by atoms with Gasteiger partial charge in [-0.15, -0.1) is 0 Å². The third kappa shape index (κ3) is 1.22. The lowest BCUT2D eigenvalue weighted by atomic mass is 10.1. The first-order chi connectivity index (χ1) is 6.91. The average Bonchev–Trinajstić information content (AvgIpc) is 3.01. The number of rotatable bonds is 1. The van der Waals surface area contributed by atoms with Gasteiger partial charge in [0.15, 0.2) is 0 Å². The van der Waals surface area contributed by atoms with Gasteiger partial charge in [0.1, 0.15) is 0 Å². The highest BCUT2D eigenvalue weighted by Gasteiger charge is 2.49. The van der Waals surface area contributed by atoms with E-state index in [0.717, 1.165) is 13.1 Å². The first-order valence-electron chi connectivity index (χ1n) is 5.44. The van der Waals surface area contributed by atoms with Gasteiger partial charge in [-0.25, -0.2) is 0 Å².